The lowest BCUT2D eigenvalue weighted by atomic mass is 10.2. The lowest BCUT2D eigenvalue weighted by Crippen LogP contribution is -2.27. The quantitative estimate of drug-likeness (QED) is 0.727. The van der Waals surface area contributed by atoms with Gasteiger partial charge in [0, 0.05) is 11.8 Å². The maximum Gasteiger partial charge on any atom is 0.275 e. The third-order valence-electron chi connectivity index (χ3n) is 3.55. The van der Waals surface area contributed by atoms with Crippen molar-refractivity contribution >= 4 is 5.78 Å². The fourth-order valence-electron chi connectivity index (χ4n) is 2.43. The number of fused-ring (bicyclic) bond motifs is 1. The number of rotatable bonds is 6. The third-order valence-corrected chi connectivity index (χ3v) is 3.55. The first-order chi connectivity index (χ1) is 11.1. The summed E-state index contributed by atoms with van der Waals surface area (Å²) in [5.74, 6) is 0.414. The summed E-state index contributed by atoms with van der Waals surface area (Å²) in [5.41, 5.74) is 1.54. The highest BCUT2D eigenvalue weighted by Gasteiger charge is 2.12. The van der Waals surface area contributed by atoms with Crippen LogP contribution >= 0.6 is 0 Å². The van der Waals surface area contributed by atoms with E-state index in [1.807, 2.05) is 30.3 Å². The van der Waals surface area contributed by atoms with Crippen molar-refractivity contribution in [2.75, 3.05) is 6.61 Å². The Morgan fingerprint density at radius 1 is 1.30 bits per heavy atom. The zero-order valence-electron chi connectivity index (χ0n) is 12.8. The van der Waals surface area contributed by atoms with Crippen LogP contribution in [0.4, 0.5) is 0 Å². The van der Waals surface area contributed by atoms with Crippen molar-refractivity contribution in [1.29, 1.82) is 0 Å². The van der Waals surface area contributed by atoms with Gasteiger partial charge in [0.1, 0.15) is 6.33 Å². The fourth-order valence-corrected chi connectivity index (χ4v) is 2.43. The van der Waals surface area contributed by atoms with Gasteiger partial charge in [0.25, 0.3) is 5.56 Å². The Bertz CT molecular complexity index is 841. The van der Waals surface area contributed by atoms with Crippen molar-refractivity contribution in [3.8, 4) is 0 Å². The van der Waals surface area contributed by atoms with Crippen molar-refractivity contribution in [2.24, 2.45) is 0 Å². The number of aromatic nitrogens is 4. The van der Waals surface area contributed by atoms with E-state index in [0.717, 1.165) is 11.3 Å². The van der Waals surface area contributed by atoms with E-state index in [4.69, 9.17) is 4.74 Å². The number of aliphatic hydroxyl groups is 1. The topological polar surface area (TPSA) is 81.7 Å². The molecule has 0 bridgehead atoms. The van der Waals surface area contributed by atoms with Gasteiger partial charge in [-0.25, -0.2) is 0 Å². The van der Waals surface area contributed by atoms with E-state index in [0.29, 0.717) is 12.4 Å². The maximum absolute atomic E-state index is 11.8. The summed E-state index contributed by atoms with van der Waals surface area (Å²) in [4.78, 5) is 15.9. The molecule has 3 aromatic rings. The molecule has 7 nitrogen and oxygen atoms in total. The summed E-state index contributed by atoms with van der Waals surface area (Å²) >= 11 is 0. The summed E-state index contributed by atoms with van der Waals surface area (Å²) in [6, 6.07) is 11.2. The molecule has 7 heteroatoms. The first kappa shape index (κ1) is 15.4. The molecule has 0 spiro atoms. The maximum atomic E-state index is 11.8. The van der Waals surface area contributed by atoms with Crippen molar-refractivity contribution in [3.63, 3.8) is 0 Å². The van der Waals surface area contributed by atoms with Gasteiger partial charge in [-0.15, -0.1) is 0 Å². The van der Waals surface area contributed by atoms with E-state index in [1.165, 1.54) is 16.9 Å². The minimum absolute atomic E-state index is 0.195. The molecule has 0 aliphatic rings. The number of hydrogen-bond acceptors (Lipinski definition) is 5. The zero-order valence-corrected chi connectivity index (χ0v) is 12.8. The van der Waals surface area contributed by atoms with Gasteiger partial charge in [-0.2, -0.15) is 14.6 Å². The second kappa shape index (κ2) is 6.72. The highest BCUT2D eigenvalue weighted by Crippen LogP contribution is 2.06. The van der Waals surface area contributed by atoms with Gasteiger partial charge in [0.2, 0.25) is 5.78 Å². The predicted octanol–water partition coefficient (Wildman–Crippen LogP) is 0.777. The standard InChI is InChI=1S/C16H18N4O3/c1-12-7-15(22)20-16(17-11-18-20)19(12)8-14(21)10-23-9-13-5-3-2-4-6-13/h2-7,11,14,21H,8-10H2,1H3. The van der Waals surface area contributed by atoms with Gasteiger partial charge in [-0.3, -0.25) is 4.79 Å². The van der Waals surface area contributed by atoms with Gasteiger partial charge in [0.05, 0.1) is 25.9 Å². The van der Waals surface area contributed by atoms with Crippen LogP contribution in [0.1, 0.15) is 11.3 Å². The molecule has 23 heavy (non-hydrogen) atoms. The average Bonchev–Trinajstić information content (AvgIpc) is 3.02. The van der Waals surface area contributed by atoms with Crippen molar-refractivity contribution in [2.45, 2.75) is 26.2 Å². The van der Waals surface area contributed by atoms with E-state index in [1.54, 1.807) is 11.5 Å². The molecule has 1 atom stereocenters. The Balaban J connectivity index is 1.65. The first-order valence-electron chi connectivity index (χ1n) is 7.35. The Labute approximate surface area is 132 Å². The summed E-state index contributed by atoms with van der Waals surface area (Å²) in [7, 11) is 0. The summed E-state index contributed by atoms with van der Waals surface area (Å²) in [6.07, 6.45) is 0.616. The molecule has 0 fully saturated rings. The predicted molar refractivity (Wildman–Crippen MR) is 84.1 cm³/mol. The lowest BCUT2D eigenvalue weighted by molar-refractivity contribution is 0.0204. The fraction of sp³-hybridized carbons (Fsp3) is 0.312. The normalized spacial score (nSPS) is 12.6. The second-order valence-electron chi connectivity index (χ2n) is 5.36. The van der Waals surface area contributed by atoms with Crippen LogP contribution in [0.15, 0.2) is 47.5 Å². The molecule has 0 aliphatic carbocycles. The number of benzene rings is 1. The van der Waals surface area contributed by atoms with E-state index < -0.39 is 6.10 Å². The molecule has 0 saturated carbocycles. The molecule has 1 aromatic carbocycles. The Morgan fingerprint density at radius 2 is 2.09 bits per heavy atom. The molecule has 2 heterocycles. The van der Waals surface area contributed by atoms with Crippen LogP contribution in [-0.4, -0.2) is 37.0 Å². The van der Waals surface area contributed by atoms with Gasteiger partial charge in [-0.1, -0.05) is 30.3 Å². The van der Waals surface area contributed by atoms with Crippen LogP contribution in [0.3, 0.4) is 0 Å². The Morgan fingerprint density at radius 3 is 2.87 bits per heavy atom. The highest BCUT2D eigenvalue weighted by atomic mass is 16.5. The molecule has 0 aliphatic heterocycles. The summed E-state index contributed by atoms with van der Waals surface area (Å²) in [5, 5.41) is 14.1. The molecule has 3 rings (SSSR count). The van der Waals surface area contributed by atoms with Gasteiger partial charge >= 0.3 is 0 Å². The molecular weight excluding hydrogens is 296 g/mol. The van der Waals surface area contributed by atoms with Crippen LogP contribution in [0.25, 0.3) is 5.78 Å². The zero-order chi connectivity index (χ0) is 16.2. The van der Waals surface area contributed by atoms with Gasteiger partial charge in [0.15, 0.2) is 0 Å². The lowest BCUT2D eigenvalue weighted by Gasteiger charge is -2.16. The molecule has 0 amide bonds. The Hall–Kier alpha value is -2.51. The summed E-state index contributed by atoms with van der Waals surface area (Å²) < 4.78 is 8.51. The average molecular weight is 314 g/mol. The first-order valence-corrected chi connectivity index (χ1v) is 7.35. The van der Waals surface area contributed by atoms with Crippen LogP contribution in [0.2, 0.25) is 0 Å². The van der Waals surface area contributed by atoms with Crippen LogP contribution in [-0.2, 0) is 17.9 Å². The van der Waals surface area contributed by atoms with Crippen molar-refractivity contribution in [3.05, 3.63) is 64.3 Å². The van der Waals surface area contributed by atoms with Crippen LogP contribution < -0.4 is 5.56 Å². The van der Waals surface area contributed by atoms with Crippen molar-refractivity contribution in [1.82, 2.24) is 19.2 Å². The van der Waals surface area contributed by atoms with E-state index in [-0.39, 0.29) is 18.7 Å². The van der Waals surface area contributed by atoms with Gasteiger partial charge in [-0.05, 0) is 12.5 Å². The number of hydrogen-bond donors (Lipinski definition) is 1. The molecule has 1 unspecified atom stereocenters. The third kappa shape index (κ3) is 3.46. The molecule has 1 N–H and O–H groups in total. The molecular formula is C16H18N4O3. The second-order valence-corrected chi connectivity index (χ2v) is 5.36. The number of aryl methyl sites for hydroxylation is 1. The minimum Gasteiger partial charge on any atom is -0.389 e. The molecule has 120 valence electrons. The number of ether oxygens (including phenoxy) is 1. The highest BCUT2D eigenvalue weighted by molar-refractivity contribution is 5.29. The molecule has 0 saturated heterocycles. The summed E-state index contributed by atoms with van der Waals surface area (Å²) in [6.45, 7) is 2.72. The van der Waals surface area contributed by atoms with E-state index in [9.17, 15) is 9.90 Å². The molecule has 0 radical (unpaired) electrons. The van der Waals surface area contributed by atoms with Crippen molar-refractivity contribution < 1.29 is 9.84 Å². The van der Waals surface area contributed by atoms with E-state index in [2.05, 4.69) is 10.1 Å². The largest absolute Gasteiger partial charge is 0.389 e. The minimum atomic E-state index is -0.708. The number of nitrogens with zero attached hydrogens (tertiary/aromatic N) is 4. The van der Waals surface area contributed by atoms with Gasteiger partial charge < -0.3 is 14.4 Å². The SMILES string of the molecule is Cc1cc(=O)n2ncnc2n1CC(O)COCc1ccccc1. The smallest absolute Gasteiger partial charge is 0.275 e. The number of aliphatic hydroxyl groups excluding tert-OH is 1. The Kier molecular flexibility index (Phi) is 4.50. The van der Waals surface area contributed by atoms with E-state index >= 15 is 0 Å². The monoisotopic (exact) mass is 314 g/mol. The molecule has 2 aromatic heterocycles. The van der Waals surface area contributed by atoms with Crippen LogP contribution in [0, 0.1) is 6.92 Å². The van der Waals surface area contributed by atoms with Crippen LogP contribution in [0.5, 0.6) is 0 Å².